The molecule has 0 radical (unpaired) electrons. The predicted molar refractivity (Wildman–Crippen MR) is 67.5 cm³/mol. The normalized spacial score (nSPS) is 9.53. The monoisotopic (exact) mass is 268 g/mol. The summed E-state index contributed by atoms with van der Waals surface area (Å²) in [5, 5.41) is 2.72. The fraction of sp³-hybridized carbons (Fsp3) is 0.182. The van der Waals surface area contributed by atoms with Crippen molar-refractivity contribution < 1.29 is 4.79 Å². The molecule has 1 aromatic rings. The largest absolute Gasteiger partial charge is 0.378 e. The van der Waals surface area contributed by atoms with Gasteiger partial charge in [0.2, 0.25) is 0 Å². The van der Waals surface area contributed by atoms with Gasteiger partial charge in [-0.05, 0) is 34.1 Å². The summed E-state index contributed by atoms with van der Waals surface area (Å²) < 4.78 is 0.317. The number of nitrogens with zero attached hydrogens (tertiary/aromatic N) is 1. The summed E-state index contributed by atoms with van der Waals surface area (Å²) in [5.74, 6) is -0.231. The van der Waals surface area contributed by atoms with E-state index in [4.69, 9.17) is 0 Å². The van der Waals surface area contributed by atoms with Crippen LogP contribution >= 0.6 is 15.9 Å². The Bertz CT molecular complexity index is 388. The number of carbonyl (C=O) groups excluding carboxylic acids is 1. The van der Waals surface area contributed by atoms with Crippen molar-refractivity contribution in [3.8, 4) is 0 Å². The van der Waals surface area contributed by atoms with Gasteiger partial charge in [0.15, 0.2) is 0 Å². The molecule has 0 atom stereocenters. The first-order valence-electron chi connectivity index (χ1n) is 4.44. The van der Waals surface area contributed by atoms with Crippen molar-refractivity contribution >= 4 is 33.2 Å². The molecule has 0 saturated heterocycles. The second-order valence-electron chi connectivity index (χ2n) is 3.30. The maximum atomic E-state index is 11.3. The quantitative estimate of drug-likeness (QED) is 0.855. The van der Waals surface area contributed by atoms with Crippen LogP contribution in [0.3, 0.4) is 0 Å². The highest BCUT2D eigenvalue weighted by Gasteiger charge is 2.04. The first-order chi connectivity index (χ1) is 7.00. The van der Waals surface area contributed by atoms with Crippen molar-refractivity contribution in [3.05, 3.63) is 35.3 Å². The first kappa shape index (κ1) is 11.8. The average Bonchev–Trinajstić information content (AvgIpc) is 2.18. The topological polar surface area (TPSA) is 32.3 Å². The Morgan fingerprint density at radius 2 is 2.13 bits per heavy atom. The lowest BCUT2D eigenvalue weighted by Gasteiger charge is -2.13. The van der Waals surface area contributed by atoms with E-state index in [0.717, 1.165) is 11.4 Å². The summed E-state index contributed by atoms with van der Waals surface area (Å²) in [6.07, 6.45) is 0. The number of halogens is 1. The van der Waals surface area contributed by atoms with Crippen LogP contribution in [0.15, 0.2) is 35.3 Å². The number of benzene rings is 1. The third-order valence-electron chi connectivity index (χ3n) is 1.87. The molecule has 1 aromatic carbocycles. The Labute approximate surface area is 97.9 Å². The number of carbonyl (C=O) groups is 1. The molecule has 0 spiro atoms. The second-order valence-corrected chi connectivity index (χ2v) is 4.26. The average molecular weight is 269 g/mol. The zero-order chi connectivity index (χ0) is 11.4. The molecule has 0 fully saturated rings. The number of rotatable bonds is 3. The van der Waals surface area contributed by atoms with Crippen molar-refractivity contribution in [2.75, 3.05) is 24.3 Å². The van der Waals surface area contributed by atoms with Crippen LogP contribution < -0.4 is 10.2 Å². The van der Waals surface area contributed by atoms with Gasteiger partial charge in [0.25, 0.3) is 5.91 Å². The number of hydrogen-bond donors (Lipinski definition) is 1. The molecule has 15 heavy (non-hydrogen) atoms. The standard InChI is InChI=1S/C11H13BrN2O/c1-8(12)11(15)13-9-5-4-6-10(7-9)14(2)3/h4-7H,1H2,2-3H3,(H,13,15). The van der Waals surface area contributed by atoms with E-state index >= 15 is 0 Å². The van der Waals surface area contributed by atoms with Crippen LogP contribution in [0.1, 0.15) is 0 Å². The summed E-state index contributed by atoms with van der Waals surface area (Å²) in [7, 11) is 3.90. The minimum Gasteiger partial charge on any atom is -0.378 e. The Morgan fingerprint density at radius 3 is 2.67 bits per heavy atom. The Hall–Kier alpha value is -1.29. The van der Waals surface area contributed by atoms with Gasteiger partial charge in [-0.2, -0.15) is 0 Å². The molecule has 0 aliphatic rings. The molecular weight excluding hydrogens is 256 g/mol. The zero-order valence-electron chi connectivity index (χ0n) is 8.75. The molecule has 4 heteroatoms. The van der Waals surface area contributed by atoms with E-state index in [9.17, 15) is 4.79 Å². The molecule has 1 amide bonds. The molecule has 0 heterocycles. The van der Waals surface area contributed by atoms with Crippen molar-refractivity contribution in [2.24, 2.45) is 0 Å². The summed E-state index contributed by atoms with van der Waals surface area (Å²) in [6.45, 7) is 3.50. The molecule has 0 unspecified atom stereocenters. The molecule has 1 N–H and O–H groups in total. The molecule has 3 nitrogen and oxygen atoms in total. The van der Waals surface area contributed by atoms with Crippen molar-refractivity contribution in [3.63, 3.8) is 0 Å². The Morgan fingerprint density at radius 1 is 1.47 bits per heavy atom. The summed E-state index contributed by atoms with van der Waals surface area (Å²) in [5.41, 5.74) is 1.79. The van der Waals surface area contributed by atoms with E-state index < -0.39 is 0 Å². The van der Waals surface area contributed by atoms with E-state index in [1.165, 1.54) is 0 Å². The minimum absolute atomic E-state index is 0.231. The van der Waals surface area contributed by atoms with Crippen LogP contribution in [0, 0.1) is 0 Å². The lowest BCUT2D eigenvalue weighted by molar-refractivity contribution is -0.112. The van der Waals surface area contributed by atoms with Gasteiger partial charge in [-0.25, -0.2) is 0 Å². The lowest BCUT2D eigenvalue weighted by Crippen LogP contribution is -2.12. The van der Waals surface area contributed by atoms with Crippen LogP contribution in [-0.4, -0.2) is 20.0 Å². The Balaban J connectivity index is 2.82. The fourth-order valence-electron chi connectivity index (χ4n) is 1.06. The van der Waals surface area contributed by atoms with E-state index in [-0.39, 0.29) is 5.91 Å². The number of amides is 1. The van der Waals surface area contributed by atoms with E-state index in [1.807, 2.05) is 43.3 Å². The van der Waals surface area contributed by atoms with Crippen LogP contribution in [0.5, 0.6) is 0 Å². The zero-order valence-corrected chi connectivity index (χ0v) is 10.3. The van der Waals surface area contributed by atoms with Gasteiger partial charge in [-0.3, -0.25) is 4.79 Å². The molecular formula is C11H13BrN2O. The molecule has 80 valence electrons. The first-order valence-corrected chi connectivity index (χ1v) is 5.23. The smallest absolute Gasteiger partial charge is 0.262 e. The van der Waals surface area contributed by atoms with Gasteiger partial charge >= 0.3 is 0 Å². The highest BCUT2D eigenvalue weighted by molar-refractivity contribution is 9.12. The Kier molecular flexibility index (Phi) is 3.91. The lowest BCUT2D eigenvalue weighted by atomic mass is 10.2. The van der Waals surface area contributed by atoms with E-state index in [2.05, 4.69) is 27.8 Å². The van der Waals surface area contributed by atoms with Crippen LogP contribution in [0.2, 0.25) is 0 Å². The van der Waals surface area contributed by atoms with E-state index in [0.29, 0.717) is 4.48 Å². The highest BCUT2D eigenvalue weighted by atomic mass is 79.9. The van der Waals surface area contributed by atoms with Gasteiger partial charge < -0.3 is 10.2 Å². The fourth-order valence-corrected chi connectivity index (χ4v) is 1.16. The summed E-state index contributed by atoms with van der Waals surface area (Å²) >= 11 is 3.03. The van der Waals surface area contributed by atoms with Crippen molar-refractivity contribution in [1.29, 1.82) is 0 Å². The van der Waals surface area contributed by atoms with E-state index in [1.54, 1.807) is 0 Å². The maximum Gasteiger partial charge on any atom is 0.262 e. The van der Waals surface area contributed by atoms with Crippen LogP contribution in [0.4, 0.5) is 11.4 Å². The minimum atomic E-state index is -0.231. The molecule has 1 rings (SSSR count). The predicted octanol–water partition coefficient (Wildman–Crippen LogP) is 2.60. The van der Waals surface area contributed by atoms with Crippen LogP contribution in [-0.2, 0) is 4.79 Å². The van der Waals surface area contributed by atoms with Gasteiger partial charge in [-0.15, -0.1) is 0 Å². The van der Waals surface area contributed by atoms with Gasteiger partial charge in [0.1, 0.15) is 0 Å². The highest BCUT2D eigenvalue weighted by Crippen LogP contribution is 2.18. The SMILES string of the molecule is C=C(Br)C(=O)Nc1cccc(N(C)C)c1. The molecule has 0 bridgehead atoms. The third-order valence-corrected chi connectivity index (χ3v) is 2.23. The molecule has 0 saturated carbocycles. The molecule has 0 aliphatic carbocycles. The summed E-state index contributed by atoms with van der Waals surface area (Å²) in [4.78, 5) is 13.3. The van der Waals surface area contributed by atoms with Gasteiger partial charge in [-0.1, -0.05) is 12.6 Å². The van der Waals surface area contributed by atoms with Crippen molar-refractivity contribution in [2.45, 2.75) is 0 Å². The van der Waals surface area contributed by atoms with Gasteiger partial charge in [0.05, 0.1) is 4.48 Å². The molecule has 0 aromatic heterocycles. The maximum absolute atomic E-state index is 11.3. The van der Waals surface area contributed by atoms with Crippen LogP contribution in [0.25, 0.3) is 0 Å². The van der Waals surface area contributed by atoms with Gasteiger partial charge in [0, 0.05) is 25.5 Å². The molecule has 0 aliphatic heterocycles. The second kappa shape index (κ2) is 4.98. The number of nitrogens with one attached hydrogen (secondary N) is 1. The number of anilines is 2. The third kappa shape index (κ3) is 3.40. The number of hydrogen-bond acceptors (Lipinski definition) is 2. The van der Waals surface area contributed by atoms with Crippen molar-refractivity contribution in [1.82, 2.24) is 0 Å². The summed E-state index contributed by atoms with van der Waals surface area (Å²) in [6, 6.07) is 7.59.